The van der Waals surface area contributed by atoms with Crippen LogP contribution in [-0.4, -0.2) is 28.2 Å². The van der Waals surface area contributed by atoms with Crippen molar-refractivity contribution in [2.45, 2.75) is 57.7 Å². The van der Waals surface area contributed by atoms with Gasteiger partial charge in [0.15, 0.2) is 0 Å². The molecule has 0 bridgehead atoms. The van der Waals surface area contributed by atoms with E-state index in [4.69, 9.17) is 0 Å². The van der Waals surface area contributed by atoms with Crippen LogP contribution in [0.25, 0.3) is 0 Å². The fourth-order valence-corrected chi connectivity index (χ4v) is 4.05. The molecule has 21 heavy (non-hydrogen) atoms. The maximum absolute atomic E-state index is 10.9. The van der Waals surface area contributed by atoms with E-state index in [2.05, 4.69) is 42.7 Å². The molecule has 1 heterocycles. The normalized spacial score (nSPS) is 33.5. The number of benzene rings is 1. The molecule has 1 aliphatic carbocycles. The molecule has 3 rings (SSSR count). The number of aliphatic hydroxyl groups is 1. The monoisotopic (exact) mass is 285 g/mol. The summed E-state index contributed by atoms with van der Waals surface area (Å²) in [5.74, 6) is 0.562. The molecule has 1 aromatic carbocycles. The summed E-state index contributed by atoms with van der Waals surface area (Å²) in [4.78, 5) is 2.50. The van der Waals surface area contributed by atoms with Crippen molar-refractivity contribution in [3.63, 3.8) is 0 Å². The van der Waals surface area contributed by atoms with Gasteiger partial charge >= 0.3 is 0 Å². The zero-order valence-corrected chi connectivity index (χ0v) is 13.3. The Hall–Kier alpha value is -1.12. The molecule has 1 fully saturated rings. The van der Waals surface area contributed by atoms with Crippen molar-refractivity contribution in [1.29, 1.82) is 0 Å². The molecule has 2 heteroatoms. The molecular weight excluding hydrogens is 258 g/mol. The van der Waals surface area contributed by atoms with Crippen molar-refractivity contribution >= 4 is 0 Å². The van der Waals surface area contributed by atoms with Crippen LogP contribution in [-0.2, 0) is 13.0 Å². The Labute approximate surface area is 128 Å². The van der Waals surface area contributed by atoms with E-state index in [1.54, 1.807) is 0 Å². The summed E-state index contributed by atoms with van der Waals surface area (Å²) in [6.45, 7) is 10.3. The van der Waals surface area contributed by atoms with Gasteiger partial charge in [0.05, 0.1) is 5.60 Å². The van der Waals surface area contributed by atoms with Gasteiger partial charge < -0.3 is 5.11 Å². The van der Waals surface area contributed by atoms with Gasteiger partial charge in [-0.3, -0.25) is 4.90 Å². The minimum atomic E-state index is -0.571. The van der Waals surface area contributed by atoms with E-state index in [9.17, 15) is 5.11 Å². The van der Waals surface area contributed by atoms with E-state index < -0.39 is 5.60 Å². The first-order chi connectivity index (χ1) is 9.97. The van der Waals surface area contributed by atoms with Crippen molar-refractivity contribution in [3.8, 4) is 0 Å². The third-order valence-corrected chi connectivity index (χ3v) is 5.52. The lowest BCUT2D eigenvalue weighted by molar-refractivity contribution is -0.0735. The smallest absolute Gasteiger partial charge is 0.0774 e. The third kappa shape index (κ3) is 2.93. The summed E-state index contributed by atoms with van der Waals surface area (Å²) in [7, 11) is 0. The van der Waals surface area contributed by atoms with Crippen LogP contribution in [0, 0.1) is 5.92 Å². The van der Waals surface area contributed by atoms with Crippen LogP contribution in [0.15, 0.2) is 36.4 Å². The third-order valence-electron chi connectivity index (χ3n) is 5.52. The number of hydrogen-bond donors (Lipinski definition) is 1. The summed E-state index contributed by atoms with van der Waals surface area (Å²) in [6.07, 6.45) is 4.10. The minimum Gasteiger partial charge on any atom is -0.389 e. The van der Waals surface area contributed by atoms with E-state index in [0.29, 0.717) is 5.92 Å². The summed E-state index contributed by atoms with van der Waals surface area (Å²) in [6, 6.07) is 8.97. The first-order valence-electron chi connectivity index (χ1n) is 8.16. The van der Waals surface area contributed by atoms with Gasteiger partial charge in [-0.2, -0.15) is 0 Å². The lowest BCUT2D eigenvalue weighted by atomic mass is 9.73. The maximum Gasteiger partial charge on any atom is 0.0774 e. The highest BCUT2D eigenvalue weighted by Crippen LogP contribution is 2.39. The predicted octanol–water partition coefficient (Wildman–Crippen LogP) is 3.54. The first-order valence-corrected chi connectivity index (χ1v) is 8.16. The number of nitrogens with zero attached hydrogens (tertiary/aromatic N) is 1. The molecule has 114 valence electrons. The van der Waals surface area contributed by atoms with E-state index in [1.165, 1.54) is 16.7 Å². The molecule has 0 spiro atoms. The Bertz CT molecular complexity index is 534. The van der Waals surface area contributed by atoms with Crippen LogP contribution in [0.5, 0.6) is 0 Å². The zero-order chi connectivity index (χ0) is 15.0. The molecule has 0 saturated heterocycles. The number of fused-ring (bicyclic) bond motifs is 1. The van der Waals surface area contributed by atoms with Crippen molar-refractivity contribution in [2.24, 2.45) is 5.92 Å². The zero-order valence-electron chi connectivity index (χ0n) is 13.3. The Morgan fingerprint density at radius 1 is 1.33 bits per heavy atom. The lowest BCUT2D eigenvalue weighted by Crippen LogP contribution is -2.55. The number of rotatable bonds is 2. The van der Waals surface area contributed by atoms with Crippen molar-refractivity contribution < 1.29 is 5.11 Å². The molecule has 3 atom stereocenters. The molecule has 0 amide bonds. The number of allylic oxidation sites excluding steroid dienone is 1. The van der Waals surface area contributed by atoms with Gasteiger partial charge in [-0.15, -0.1) is 0 Å². The predicted molar refractivity (Wildman–Crippen MR) is 87.1 cm³/mol. The van der Waals surface area contributed by atoms with Crippen LogP contribution in [0.1, 0.15) is 44.2 Å². The summed E-state index contributed by atoms with van der Waals surface area (Å²) < 4.78 is 0. The van der Waals surface area contributed by atoms with E-state index in [1.807, 2.05) is 6.92 Å². The molecule has 2 aliphatic rings. The first kappa shape index (κ1) is 14.8. The molecule has 0 aromatic heterocycles. The highest BCUT2D eigenvalue weighted by Gasteiger charge is 2.42. The fourth-order valence-electron chi connectivity index (χ4n) is 4.05. The van der Waals surface area contributed by atoms with Gasteiger partial charge in [0.1, 0.15) is 0 Å². The summed E-state index contributed by atoms with van der Waals surface area (Å²) in [5.41, 5.74) is 3.60. The molecule has 0 unspecified atom stereocenters. The molecule has 1 saturated carbocycles. The standard InChI is InChI=1S/C19H27NO/c1-14(2)16-8-10-19(3,21)18(12-16)20-11-9-15-6-4-5-7-17(15)13-20/h4-7,16,18,21H,1,8-13H2,2-3H3/t16-,18+,19+/m0/s1. The highest BCUT2D eigenvalue weighted by molar-refractivity contribution is 5.29. The van der Waals surface area contributed by atoms with Gasteiger partial charge in [0, 0.05) is 19.1 Å². The molecule has 1 N–H and O–H groups in total. The molecule has 2 nitrogen and oxygen atoms in total. The summed E-state index contributed by atoms with van der Waals surface area (Å²) >= 11 is 0. The topological polar surface area (TPSA) is 23.5 Å². The quantitative estimate of drug-likeness (QED) is 0.840. The average molecular weight is 285 g/mol. The van der Waals surface area contributed by atoms with Crippen molar-refractivity contribution in [1.82, 2.24) is 4.90 Å². The van der Waals surface area contributed by atoms with E-state index in [-0.39, 0.29) is 6.04 Å². The van der Waals surface area contributed by atoms with Crippen molar-refractivity contribution in [3.05, 3.63) is 47.5 Å². The Morgan fingerprint density at radius 3 is 2.76 bits per heavy atom. The highest BCUT2D eigenvalue weighted by atomic mass is 16.3. The fraction of sp³-hybridized carbons (Fsp3) is 0.579. The SMILES string of the molecule is C=C(C)[C@H]1CC[C@@](C)(O)[C@H](N2CCc3ccccc3C2)C1. The van der Waals surface area contributed by atoms with Crippen LogP contribution < -0.4 is 0 Å². The van der Waals surface area contributed by atoms with Gasteiger partial charge in [-0.1, -0.05) is 36.4 Å². The van der Waals surface area contributed by atoms with Gasteiger partial charge in [0.25, 0.3) is 0 Å². The second-order valence-corrected chi connectivity index (χ2v) is 7.18. The lowest BCUT2D eigenvalue weighted by Gasteiger charge is -2.48. The minimum absolute atomic E-state index is 0.251. The summed E-state index contributed by atoms with van der Waals surface area (Å²) in [5, 5.41) is 10.9. The second kappa shape index (κ2) is 5.58. The largest absolute Gasteiger partial charge is 0.389 e. The molecule has 1 aliphatic heterocycles. The molecular formula is C19H27NO. The number of hydrogen-bond acceptors (Lipinski definition) is 2. The maximum atomic E-state index is 10.9. The van der Waals surface area contributed by atoms with Gasteiger partial charge in [-0.05, 0) is 56.6 Å². The van der Waals surface area contributed by atoms with Crippen LogP contribution in [0.2, 0.25) is 0 Å². The Kier molecular flexibility index (Phi) is 3.94. The van der Waals surface area contributed by atoms with Crippen LogP contribution in [0.4, 0.5) is 0 Å². The molecule has 1 aromatic rings. The van der Waals surface area contributed by atoms with Gasteiger partial charge in [0.2, 0.25) is 0 Å². The Morgan fingerprint density at radius 2 is 2.05 bits per heavy atom. The van der Waals surface area contributed by atoms with E-state index >= 15 is 0 Å². The van der Waals surface area contributed by atoms with Gasteiger partial charge in [-0.25, -0.2) is 0 Å². The molecule has 0 radical (unpaired) electrons. The van der Waals surface area contributed by atoms with Crippen LogP contribution >= 0.6 is 0 Å². The van der Waals surface area contributed by atoms with Crippen molar-refractivity contribution in [2.75, 3.05) is 6.54 Å². The Balaban J connectivity index is 1.80. The average Bonchev–Trinajstić information content (AvgIpc) is 2.46. The second-order valence-electron chi connectivity index (χ2n) is 7.18. The van der Waals surface area contributed by atoms with Crippen LogP contribution in [0.3, 0.4) is 0 Å². The van der Waals surface area contributed by atoms with E-state index in [0.717, 1.165) is 38.8 Å².